The highest BCUT2D eigenvalue weighted by molar-refractivity contribution is 6.30. The molecule has 0 saturated carbocycles. The minimum absolute atomic E-state index is 0.0243. The summed E-state index contributed by atoms with van der Waals surface area (Å²) in [5, 5.41) is 9.50. The zero-order valence-electron chi connectivity index (χ0n) is 17.5. The van der Waals surface area contributed by atoms with Crippen LogP contribution in [0, 0.1) is 6.92 Å². The average Bonchev–Trinajstić information content (AvgIpc) is 3.09. The Morgan fingerprint density at radius 1 is 1.30 bits per heavy atom. The number of hydrogen-bond donors (Lipinski definition) is 2. The predicted molar refractivity (Wildman–Crippen MR) is 118 cm³/mol. The minimum atomic E-state index is -0.693. The molecule has 2 rings (SSSR count). The second-order valence-corrected chi connectivity index (χ2v) is 8.03. The van der Waals surface area contributed by atoms with Crippen LogP contribution in [0.1, 0.15) is 48.8 Å². The molecule has 8 heteroatoms. The molecule has 0 spiro atoms. The van der Waals surface area contributed by atoms with E-state index in [0.29, 0.717) is 18.0 Å². The quantitative estimate of drug-likeness (QED) is 0.574. The van der Waals surface area contributed by atoms with Crippen molar-refractivity contribution in [3.8, 4) is 0 Å². The number of aryl methyl sites for hydroxylation is 1. The maximum absolute atomic E-state index is 12.3. The number of aromatic nitrogens is 1. The number of carbonyl (C=O) groups is 2. The molecule has 7 nitrogen and oxygen atoms in total. The molecule has 1 aromatic carbocycles. The van der Waals surface area contributed by atoms with Crippen LogP contribution in [-0.2, 0) is 4.74 Å². The zero-order valence-corrected chi connectivity index (χ0v) is 18.3. The van der Waals surface area contributed by atoms with Gasteiger partial charge in [-0.05, 0) is 62.9 Å². The molecule has 0 bridgehead atoms. The third-order valence-corrected chi connectivity index (χ3v) is 4.15. The average molecular weight is 432 g/mol. The Kier molecular flexibility index (Phi) is 7.83. The summed E-state index contributed by atoms with van der Waals surface area (Å²) < 4.78 is 10.1. The topological polar surface area (TPSA) is 93.5 Å². The first-order valence-corrected chi connectivity index (χ1v) is 9.80. The van der Waals surface area contributed by atoms with Crippen molar-refractivity contribution in [3.63, 3.8) is 0 Å². The van der Waals surface area contributed by atoms with Crippen molar-refractivity contribution in [1.82, 2.24) is 10.5 Å². The fraction of sp³-hybridized carbons (Fsp3) is 0.318. The minimum Gasteiger partial charge on any atom is -0.444 e. The lowest BCUT2D eigenvalue weighted by Crippen LogP contribution is -2.27. The van der Waals surface area contributed by atoms with Gasteiger partial charge in [0.2, 0.25) is 5.88 Å². The normalized spacial score (nSPS) is 11.7. The van der Waals surface area contributed by atoms with E-state index >= 15 is 0 Å². The Morgan fingerprint density at radius 3 is 2.70 bits per heavy atom. The molecule has 0 saturated heterocycles. The number of hydrogen-bond acceptors (Lipinski definition) is 5. The molecule has 0 aliphatic carbocycles. The standard InChI is InChI=1S/C22H26ClN3O4/c1-6-7-15(17-12-16(23)9-8-14(17)2)10-11-24-20(27)18-13-19(30-26-18)25-21(28)29-22(3,4)5/h6-9,12-13H,1,10-11H2,2-5H3,(H,24,27)(H,25,28)/b15-7-. The highest BCUT2D eigenvalue weighted by Gasteiger charge is 2.19. The molecule has 0 radical (unpaired) electrons. The van der Waals surface area contributed by atoms with Crippen LogP contribution >= 0.6 is 11.6 Å². The summed E-state index contributed by atoms with van der Waals surface area (Å²) in [4.78, 5) is 24.1. The largest absolute Gasteiger partial charge is 0.444 e. The molecular weight excluding hydrogens is 406 g/mol. The number of allylic oxidation sites excluding steroid dienone is 2. The Hall–Kier alpha value is -3.06. The molecule has 160 valence electrons. The van der Waals surface area contributed by atoms with Crippen LogP contribution in [-0.4, -0.2) is 29.3 Å². The van der Waals surface area contributed by atoms with E-state index in [9.17, 15) is 9.59 Å². The number of benzene rings is 1. The van der Waals surface area contributed by atoms with Crippen LogP contribution in [0.2, 0.25) is 5.02 Å². The van der Waals surface area contributed by atoms with Crippen molar-refractivity contribution < 1.29 is 18.8 Å². The Morgan fingerprint density at radius 2 is 2.03 bits per heavy atom. The molecule has 0 atom stereocenters. The first-order valence-electron chi connectivity index (χ1n) is 9.42. The molecule has 1 aromatic heterocycles. The van der Waals surface area contributed by atoms with Gasteiger partial charge in [0.15, 0.2) is 5.69 Å². The second-order valence-electron chi connectivity index (χ2n) is 7.60. The van der Waals surface area contributed by atoms with Crippen molar-refractivity contribution in [2.45, 2.75) is 39.7 Å². The number of anilines is 1. The van der Waals surface area contributed by atoms with Gasteiger partial charge in [0.05, 0.1) is 0 Å². The summed E-state index contributed by atoms with van der Waals surface area (Å²) in [5.74, 6) is -0.395. The number of amides is 2. The van der Waals surface area contributed by atoms with E-state index in [1.807, 2.05) is 31.2 Å². The van der Waals surface area contributed by atoms with Crippen molar-refractivity contribution in [2.24, 2.45) is 0 Å². The Balaban J connectivity index is 1.94. The van der Waals surface area contributed by atoms with Crippen LogP contribution in [0.15, 0.2) is 47.5 Å². The highest BCUT2D eigenvalue weighted by Crippen LogP contribution is 2.25. The Bertz CT molecular complexity index is 958. The number of halogens is 1. The maximum Gasteiger partial charge on any atom is 0.414 e. The Labute approximate surface area is 181 Å². The zero-order chi connectivity index (χ0) is 22.3. The third kappa shape index (κ3) is 7.08. The fourth-order valence-electron chi connectivity index (χ4n) is 2.64. The lowest BCUT2D eigenvalue weighted by atomic mass is 9.97. The van der Waals surface area contributed by atoms with E-state index in [0.717, 1.165) is 16.7 Å². The van der Waals surface area contributed by atoms with E-state index in [1.165, 1.54) is 6.07 Å². The summed E-state index contributed by atoms with van der Waals surface area (Å²) in [6.45, 7) is 11.3. The van der Waals surface area contributed by atoms with E-state index in [1.54, 1.807) is 26.8 Å². The van der Waals surface area contributed by atoms with Crippen LogP contribution < -0.4 is 10.6 Å². The van der Waals surface area contributed by atoms with Crippen LogP contribution in [0.25, 0.3) is 5.57 Å². The van der Waals surface area contributed by atoms with Crippen molar-refractivity contribution >= 4 is 35.1 Å². The van der Waals surface area contributed by atoms with Gasteiger partial charge in [-0.3, -0.25) is 10.1 Å². The molecule has 2 N–H and O–H groups in total. The molecular formula is C22H26ClN3O4. The van der Waals surface area contributed by atoms with Gasteiger partial charge in [0, 0.05) is 17.6 Å². The van der Waals surface area contributed by atoms with Crippen molar-refractivity contribution in [1.29, 1.82) is 0 Å². The first-order chi connectivity index (χ1) is 14.1. The van der Waals surface area contributed by atoms with Crippen molar-refractivity contribution in [2.75, 3.05) is 11.9 Å². The van der Waals surface area contributed by atoms with Gasteiger partial charge >= 0.3 is 6.09 Å². The number of nitrogens with one attached hydrogen (secondary N) is 2. The molecule has 2 aromatic rings. The number of rotatable bonds is 7. The number of ether oxygens (including phenoxy) is 1. The van der Waals surface area contributed by atoms with E-state index in [-0.39, 0.29) is 11.6 Å². The van der Waals surface area contributed by atoms with E-state index in [2.05, 4.69) is 22.4 Å². The number of nitrogens with zero attached hydrogens (tertiary/aromatic N) is 1. The third-order valence-electron chi connectivity index (χ3n) is 3.91. The fourth-order valence-corrected chi connectivity index (χ4v) is 2.81. The molecule has 30 heavy (non-hydrogen) atoms. The van der Waals surface area contributed by atoms with Crippen LogP contribution in [0.5, 0.6) is 0 Å². The molecule has 0 aliphatic heterocycles. The highest BCUT2D eigenvalue weighted by atomic mass is 35.5. The first kappa shape index (κ1) is 23.2. The summed E-state index contributed by atoms with van der Waals surface area (Å²) in [6, 6.07) is 7.00. The number of carbonyl (C=O) groups excluding carboxylic acids is 2. The monoisotopic (exact) mass is 431 g/mol. The summed E-state index contributed by atoms with van der Waals surface area (Å²) in [7, 11) is 0. The van der Waals surface area contributed by atoms with Crippen molar-refractivity contribution in [3.05, 3.63) is 64.8 Å². The van der Waals surface area contributed by atoms with Crippen LogP contribution in [0.4, 0.5) is 10.7 Å². The van der Waals surface area contributed by atoms with Gasteiger partial charge < -0.3 is 14.6 Å². The lowest BCUT2D eigenvalue weighted by molar-refractivity contribution is 0.0631. The van der Waals surface area contributed by atoms with E-state index < -0.39 is 17.6 Å². The van der Waals surface area contributed by atoms with Gasteiger partial charge in [-0.2, -0.15) is 0 Å². The van der Waals surface area contributed by atoms with E-state index in [4.69, 9.17) is 20.9 Å². The van der Waals surface area contributed by atoms with Crippen LogP contribution in [0.3, 0.4) is 0 Å². The van der Waals surface area contributed by atoms with Gasteiger partial charge in [-0.25, -0.2) is 4.79 Å². The van der Waals surface area contributed by atoms with Gasteiger partial charge in [0.25, 0.3) is 5.91 Å². The summed E-state index contributed by atoms with van der Waals surface area (Å²) in [5.41, 5.74) is 2.48. The van der Waals surface area contributed by atoms with Gasteiger partial charge in [0.1, 0.15) is 5.60 Å². The molecule has 0 unspecified atom stereocenters. The smallest absolute Gasteiger partial charge is 0.414 e. The molecule has 0 aliphatic rings. The SMILES string of the molecule is C=C/C=C(/CCNC(=O)c1cc(NC(=O)OC(C)(C)C)on1)c1cc(Cl)ccc1C. The van der Waals surface area contributed by atoms with Gasteiger partial charge in [-0.1, -0.05) is 41.6 Å². The molecule has 1 heterocycles. The molecule has 2 amide bonds. The maximum atomic E-state index is 12.3. The molecule has 0 fully saturated rings. The predicted octanol–water partition coefficient (Wildman–Crippen LogP) is 5.37. The lowest BCUT2D eigenvalue weighted by Gasteiger charge is -2.18. The summed E-state index contributed by atoms with van der Waals surface area (Å²) in [6.07, 6.45) is 3.47. The summed E-state index contributed by atoms with van der Waals surface area (Å²) >= 11 is 6.12. The second kappa shape index (κ2) is 10.1. The van der Waals surface area contributed by atoms with Gasteiger partial charge in [-0.15, -0.1) is 0 Å².